The number of anilines is 1. The third-order valence-corrected chi connectivity index (χ3v) is 3.86. The van der Waals surface area contributed by atoms with E-state index in [0.717, 1.165) is 5.56 Å². The van der Waals surface area contributed by atoms with E-state index in [-0.39, 0.29) is 5.91 Å². The van der Waals surface area contributed by atoms with Gasteiger partial charge in [-0.25, -0.2) is 9.67 Å². The molecular weight excluding hydrogens is 332 g/mol. The van der Waals surface area contributed by atoms with Crippen LogP contribution in [0.2, 0.25) is 0 Å². The van der Waals surface area contributed by atoms with Gasteiger partial charge in [-0.2, -0.15) is 5.10 Å². The number of carbonyl (C=O) groups excluding carboxylic acids is 1. The van der Waals surface area contributed by atoms with Gasteiger partial charge < -0.3 is 14.8 Å². The van der Waals surface area contributed by atoms with Crippen LogP contribution >= 0.6 is 0 Å². The molecular formula is C19H20N4O3. The molecule has 2 heterocycles. The average molecular weight is 352 g/mol. The van der Waals surface area contributed by atoms with Gasteiger partial charge in [0.25, 0.3) is 0 Å². The minimum atomic E-state index is -0.0755. The van der Waals surface area contributed by atoms with E-state index in [1.807, 2.05) is 30.5 Å². The predicted molar refractivity (Wildman–Crippen MR) is 97.9 cm³/mol. The van der Waals surface area contributed by atoms with Crippen molar-refractivity contribution in [2.75, 3.05) is 19.5 Å². The number of rotatable bonds is 7. The normalized spacial score (nSPS) is 10.4. The Morgan fingerprint density at radius 2 is 2.00 bits per heavy atom. The number of benzene rings is 1. The molecule has 0 bridgehead atoms. The van der Waals surface area contributed by atoms with Crippen molar-refractivity contribution in [2.45, 2.75) is 12.8 Å². The van der Waals surface area contributed by atoms with Gasteiger partial charge in [-0.1, -0.05) is 6.07 Å². The zero-order valence-corrected chi connectivity index (χ0v) is 14.7. The second kappa shape index (κ2) is 8.15. The van der Waals surface area contributed by atoms with Gasteiger partial charge in [-0.05, 0) is 42.3 Å². The summed E-state index contributed by atoms with van der Waals surface area (Å²) in [6.07, 6.45) is 6.07. The number of amides is 1. The van der Waals surface area contributed by atoms with Crippen molar-refractivity contribution in [3.8, 4) is 17.3 Å². The second-order valence-corrected chi connectivity index (χ2v) is 5.59. The topological polar surface area (TPSA) is 78.3 Å². The van der Waals surface area contributed by atoms with E-state index in [1.165, 1.54) is 0 Å². The summed E-state index contributed by atoms with van der Waals surface area (Å²) in [5, 5.41) is 6.96. The summed E-state index contributed by atoms with van der Waals surface area (Å²) < 4.78 is 12.2. The Bertz CT molecular complexity index is 861. The van der Waals surface area contributed by atoms with Crippen molar-refractivity contribution in [2.24, 2.45) is 0 Å². The molecule has 7 nitrogen and oxygen atoms in total. The predicted octanol–water partition coefficient (Wildman–Crippen LogP) is 2.86. The molecule has 0 saturated carbocycles. The summed E-state index contributed by atoms with van der Waals surface area (Å²) in [7, 11) is 3.19. The maximum Gasteiger partial charge on any atom is 0.224 e. The number of aromatic nitrogens is 3. The third kappa shape index (κ3) is 4.18. The summed E-state index contributed by atoms with van der Waals surface area (Å²) in [6.45, 7) is 0. The molecule has 7 heteroatoms. The van der Waals surface area contributed by atoms with E-state index in [0.29, 0.717) is 35.8 Å². The lowest BCUT2D eigenvalue weighted by Crippen LogP contribution is -2.12. The number of hydrogen-bond acceptors (Lipinski definition) is 5. The van der Waals surface area contributed by atoms with E-state index in [9.17, 15) is 4.79 Å². The van der Waals surface area contributed by atoms with Gasteiger partial charge in [0, 0.05) is 18.8 Å². The molecule has 0 radical (unpaired) electrons. The highest BCUT2D eigenvalue weighted by molar-refractivity contribution is 5.90. The molecule has 0 aliphatic carbocycles. The third-order valence-electron chi connectivity index (χ3n) is 3.86. The van der Waals surface area contributed by atoms with Crippen molar-refractivity contribution >= 4 is 11.6 Å². The maximum atomic E-state index is 12.2. The summed E-state index contributed by atoms with van der Waals surface area (Å²) >= 11 is 0. The largest absolute Gasteiger partial charge is 0.493 e. The fraction of sp³-hybridized carbons (Fsp3) is 0.211. The molecule has 0 unspecified atom stereocenters. The van der Waals surface area contributed by atoms with Crippen molar-refractivity contribution in [1.29, 1.82) is 0 Å². The lowest BCUT2D eigenvalue weighted by atomic mass is 10.1. The van der Waals surface area contributed by atoms with Crippen LogP contribution in [0, 0.1) is 0 Å². The molecule has 0 aliphatic rings. The first kappa shape index (κ1) is 17.5. The van der Waals surface area contributed by atoms with Gasteiger partial charge in [0.2, 0.25) is 5.91 Å². The molecule has 0 spiro atoms. The number of hydrogen-bond donors (Lipinski definition) is 1. The van der Waals surface area contributed by atoms with Crippen molar-refractivity contribution in [3.63, 3.8) is 0 Å². The molecule has 0 saturated heterocycles. The fourth-order valence-electron chi connectivity index (χ4n) is 2.52. The fourth-order valence-corrected chi connectivity index (χ4v) is 2.52. The zero-order chi connectivity index (χ0) is 18.4. The Labute approximate surface area is 151 Å². The van der Waals surface area contributed by atoms with E-state index in [4.69, 9.17) is 9.47 Å². The second-order valence-electron chi connectivity index (χ2n) is 5.59. The zero-order valence-electron chi connectivity index (χ0n) is 14.7. The molecule has 0 fully saturated rings. The lowest BCUT2D eigenvalue weighted by Gasteiger charge is -2.10. The molecule has 3 aromatic rings. The molecule has 134 valence electrons. The Balaban J connectivity index is 1.56. The first-order valence-corrected chi connectivity index (χ1v) is 8.16. The monoisotopic (exact) mass is 352 g/mol. The van der Waals surface area contributed by atoms with E-state index < -0.39 is 0 Å². The van der Waals surface area contributed by atoms with Crippen LogP contribution in [0.5, 0.6) is 11.5 Å². The van der Waals surface area contributed by atoms with Crippen LogP contribution in [-0.4, -0.2) is 34.9 Å². The number of carbonyl (C=O) groups is 1. The molecule has 0 aliphatic heterocycles. The van der Waals surface area contributed by atoms with Gasteiger partial charge in [0.1, 0.15) is 0 Å². The maximum absolute atomic E-state index is 12.2. The number of ether oxygens (including phenoxy) is 2. The molecule has 1 amide bonds. The standard InChI is InChI=1S/C19H20N4O3/c1-25-16-7-4-14(12-17(16)26-2)5-9-19(24)22-15-6-8-18(20-13-15)23-11-3-10-21-23/h3-4,6-8,10-13H,5,9H2,1-2H3,(H,22,24). The molecule has 3 rings (SSSR count). The van der Waals surface area contributed by atoms with E-state index in [2.05, 4.69) is 15.4 Å². The SMILES string of the molecule is COc1ccc(CCC(=O)Nc2ccc(-n3cccn3)nc2)cc1OC. The molecule has 1 N–H and O–H groups in total. The van der Waals surface area contributed by atoms with E-state index in [1.54, 1.807) is 43.4 Å². The molecule has 1 aromatic carbocycles. The first-order valence-electron chi connectivity index (χ1n) is 8.16. The van der Waals surface area contributed by atoms with Crippen molar-refractivity contribution in [3.05, 3.63) is 60.6 Å². The quantitative estimate of drug-likeness (QED) is 0.707. The van der Waals surface area contributed by atoms with Gasteiger partial charge >= 0.3 is 0 Å². The summed E-state index contributed by atoms with van der Waals surface area (Å²) in [5.74, 6) is 1.94. The van der Waals surface area contributed by atoms with Gasteiger partial charge in [0.05, 0.1) is 26.1 Å². The number of pyridine rings is 1. The van der Waals surface area contributed by atoms with Gasteiger partial charge in [0.15, 0.2) is 17.3 Å². The Kier molecular flexibility index (Phi) is 5.48. The van der Waals surface area contributed by atoms with Crippen LogP contribution in [0.3, 0.4) is 0 Å². The van der Waals surface area contributed by atoms with Crippen LogP contribution in [-0.2, 0) is 11.2 Å². The minimum absolute atomic E-state index is 0.0755. The highest BCUT2D eigenvalue weighted by Crippen LogP contribution is 2.28. The molecule has 0 atom stereocenters. The molecule has 26 heavy (non-hydrogen) atoms. The Morgan fingerprint density at radius 3 is 2.65 bits per heavy atom. The minimum Gasteiger partial charge on any atom is -0.493 e. The highest BCUT2D eigenvalue weighted by atomic mass is 16.5. The summed E-state index contributed by atoms with van der Waals surface area (Å²) in [6, 6.07) is 11.1. The van der Waals surface area contributed by atoms with Crippen molar-refractivity contribution in [1.82, 2.24) is 14.8 Å². The van der Waals surface area contributed by atoms with Crippen molar-refractivity contribution < 1.29 is 14.3 Å². The number of aryl methyl sites for hydroxylation is 1. The van der Waals surface area contributed by atoms with Crippen LogP contribution in [0.4, 0.5) is 5.69 Å². The number of nitrogens with zero attached hydrogens (tertiary/aromatic N) is 3. The van der Waals surface area contributed by atoms with Crippen LogP contribution in [0.1, 0.15) is 12.0 Å². The summed E-state index contributed by atoms with van der Waals surface area (Å²) in [5.41, 5.74) is 1.66. The smallest absolute Gasteiger partial charge is 0.224 e. The van der Waals surface area contributed by atoms with Crippen LogP contribution in [0.25, 0.3) is 5.82 Å². The van der Waals surface area contributed by atoms with E-state index >= 15 is 0 Å². The van der Waals surface area contributed by atoms with Gasteiger partial charge in [-0.3, -0.25) is 4.79 Å². The highest BCUT2D eigenvalue weighted by Gasteiger charge is 2.08. The lowest BCUT2D eigenvalue weighted by molar-refractivity contribution is -0.116. The average Bonchev–Trinajstić information content (AvgIpc) is 3.21. The van der Waals surface area contributed by atoms with Crippen LogP contribution < -0.4 is 14.8 Å². The Morgan fingerprint density at radius 1 is 1.15 bits per heavy atom. The molecule has 2 aromatic heterocycles. The first-order chi connectivity index (χ1) is 12.7. The Hall–Kier alpha value is -3.35. The summed E-state index contributed by atoms with van der Waals surface area (Å²) in [4.78, 5) is 16.5. The van der Waals surface area contributed by atoms with Crippen LogP contribution in [0.15, 0.2) is 55.0 Å². The number of nitrogens with one attached hydrogen (secondary N) is 1. The van der Waals surface area contributed by atoms with Gasteiger partial charge in [-0.15, -0.1) is 0 Å². The number of methoxy groups -OCH3 is 2.